The summed E-state index contributed by atoms with van der Waals surface area (Å²) in [6.45, 7) is 10.8. The van der Waals surface area contributed by atoms with Crippen molar-refractivity contribution < 1.29 is 4.79 Å². The first-order valence-corrected chi connectivity index (χ1v) is 13.0. The SMILES string of the molecule is CCCNc1cc(N2CCC[C@@H](CCC(=O)N3CCC[C@H](CN4CCCC4)C3)C2)ncn1. The van der Waals surface area contributed by atoms with Gasteiger partial charge in [-0.15, -0.1) is 0 Å². The molecule has 1 amide bonds. The van der Waals surface area contributed by atoms with Gasteiger partial charge in [-0.05, 0) is 76.3 Å². The van der Waals surface area contributed by atoms with Gasteiger partial charge in [-0.2, -0.15) is 0 Å². The van der Waals surface area contributed by atoms with E-state index in [1.54, 1.807) is 6.33 Å². The molecule has 3 saturated heterocycles. The Bertz CT molecular complexity index is 722. The van der Waals surface area contributed by atoms with Crippen LogP contribution in [0.3, 0.4) is 0 Å². The fourth-order valence-corrected chi connectivity index (χ4v) is 5.64. The monoisotopic (exact) mass is 442 g/mol. The van der Waals surface area contributed by atoms with Crippen molar-refractivity contribution in [3.8, 4) is 0 Å². The average Bonchev–Trinajstić information content (AvgIpc) is 3.35. The molecule has 2 atom stereocenters. The van der Waals surface area contributed by atoms with Crippen molar-refractivity contribution in [3.63, 3.8) is 0 Å². The predicted molar refractivity (Wildman–Crippen MR) is 130 cm³/mol. The van der Waals surface area contributed by atoms with Crippen LogP contribution < -0.4 is 10.2 Å². The fourth-order valence-electron chi connectivity index (χ4n) is 5.64. The molecule has 4 rings (SSSR count). The Morgan fingerprint density at radius 2 is 1.84 bits per heavy atom. The van der Waals surface area contributed by atoms with Crippen molar-refractivity contribution >= 4 is 17.5 Å². The number of carbonyl (C=O) groups excluding carboxylic acids is 1. The van der Waals surface area contributed by atoms with E-state index in [0.29, 0.717) is 24.2 Å². The van der Waals surface area contributed by atoms with Gasteiger partial charge in [0.15, 0.2) is 0 Å². The lowest BCUT2D eigenvalue weighted by Crippen LogP contribution is -2.43. The van der Waals surface area contributed by atoms with Crippen LogP contribution in [0.2, 0.25) is 0 Å². The summed E-state index contributed by atoms with van der Waals surface area (Å²) in [5.74, 6) is 3.53. The summed E-state index contributed by atoms with van der Waals surface area (Å²) in [6.07, 6.45) is 12.0. The Hall–Kier alpha value is -1.89. The number of rotatable bonds is 9. The van der Waals surface area contributed by atoms with Gasteiger partial charge < -0.3 is 20.0 Å². The molecule has 1 N–H and O–H groups in total. The molecule has 0 radical (unpaired) electrons. The van der Waals surface area contributed by atoms with Gasteiger partial charge in [0.1, 0.15) is 18.0 Å². The van der Waals surface area contributed by atoms with Crippen LogP contribution >= 0.6 is 0 Å². The number of nitrogens with zero attached hydrogens (tertiary/aromatic N) is 5. The van der Waals surface area contributed by atoms with Crippen LogP contribution in [0.1, 0.15) is 64.7 Å². The molecular formula is C25H42N6O. The van der Waals surface area contributed by atoms with E-state index in [1.807, 2.05) is 0 Å². The van der Waals surface area contributed by atoms with E-state index in [9.17, 15) is 4.79 Å². The van der Waals surface area contributed by atoms with Gasteiger partial charge in [-0.3, -0.25) is 4.79 Å². The van der Waals surface area contributed by atoms with E-state index in [-0.39, 0.29) is 0 Å². The molecule has 178 valence electrons. The predicted octanol–water partition coefficient (Wildman–Crippen LogP) is 3.63. The largest absolute Gasteiger partial charge is 0.370 e. The first-order chi connectivity index (χ1) is 15.7. The Morgan fingerprint density at radius 3 is 2.69 bits per heavy atom. The van der Waals surface area contributed by atoms with Gasteiger partial charge in [0.25, 0.3) is 0 Å². The van der Waals surface area contributed by atoms with Crippen LogP contribution in [0.5, 0.6) is 0 Å². The van der Waals surface area contributed by atoms with Gasteiger partial charge in [0.05, 0.1) is 0 Å². The summed E-state index contributed by atoms with van der Waals surface area (Å²) in [5, 5.41) is 3.36. The number of amides is 1. The molecule has 1 aromatic rings. The third-order valence-corrected chi connectivity index (χ3v) is 7.40. The number of aromatic nitrogens is 2. The number of anilines is 2. The fraction of sp³-hybridized carbons (Fsp3) is 0.800. The van der Waals surface area contributed by atoms with E-state index in [1.165, 1.54) is 58.2 Å². The highest BCUT2D eigenvalue weighted by atomic mass is 16.2. The molecular weight excluding hydrogens is 400 g/mol. The highest BCUT2D eigenvalue weighted by molar-refractivity contribution is 5.76. The summed E-state index contributed by atoms with van der Waals surface area (Å²) in [6, 6.07) is 2.07. The number of piperidine rings is 2. The summed E-state index contributed by atoms with van der Waals surface area (Å²) in [4.78, 5) is 29.0. The first-order valence-electron chi connectivity index (χ1n) is 13.0. The summed E-state index contributed by atoms with van der Waals surface area (Å²) in [7, 11) is 0. The average molecular weight is 443 g/mol. The van der Waals surface area contributed by atoms with E-state index < -0.39 is 0 Å². The lowest BCUT2D eigenvalue weighted by Gasteiger charge is -2.36. The second kappa shape index (κ2) is 11.8. The minimum Gasteiger partial charge on any atom is -0.370 e. The molecule has 4 heterocycles. The normalized spacial score (nSPS) is 24.7. The molecule has 1 aromatic heterocycles. The van der Waals surface area contributed by atoms with E-state index in [2.05, 4.69) is 43.0 Å². The zero-order valence-electron chi connectivity index (χ0n) is 20.0. The smallest absolute Gasteiger partial charge is 0.222 e. The third kappa shape index (κ3) is 6.56. The molecule has 3 aliphatic rings. The summed E-state index contributed by atoms with van der Waals surface area (Å²) < 4.78 is 0. The highest BCUT2D eigenvalue weighted by Crippen LogP contribution is 2.27. The quantitative estimate of drug-likeness (QED) is 0.630. The van der Waals surface area contributed by atoms with E-state index >= 15 is 0 Å². The molecule has 0 aromatic carbocycles. The molecule has 3 fully saturated rings. The number of carbonyl (C=O) groups is 1. The zero-order chi connectivity index (χ0) is 22.2. The third-order valence-electron chi connectivity index (χ3n) is 7.40. The van der Waals surface area contributed by atoms with Crippen molar-refractivity contribution in [1.29, 1.82) is 0 Å². The molecule has 32 heavy (non-hydrogen) atoms. The molecule has 7 nitrogen and oxygen atoms in total. The van der Waals surface area contributed by atoms with Crippen LogP contribution in [0, 0.1) is 11.8 Å². The second-order valence-electron chi connectivity index (χ2n) is 10.0. The molecule has 3 aliphatic heterocycles. The number of nitrogens with one attached hydrogen (secondary N) is 1. The van der Waals surface area contributed by atoms with Crippen molar-refractivity contribution in [2.45, 2.75) is 64.7 Å². The molecule has 0 unspecified atom stereocenters. The molecule has 0 spiro atoms. The maximum atomic E-state index is 13.0. The van der Waals surface area contributed by atoms with Crippen molar-refractivity contribution in [2.24, 2.45) is 11.8 Å². The Morgan fingerprint density at radius 1 is 1.03 bits per heavy atom. The van der Waals surface area contributed by atoms with Crippen molar-refractivity contribution in [3.05, 3.63) is 12.4 Å². The molecule has 0 saturated carbocycles. The Balaban J connectivity index is 1.23. The van der Waals surface area contributed by atoms with Crippen molar-refractivity contribution in [1.82, 2.24) is 19.8 Å². The van der Waals surface area contributed by atoms with Crippen LogP contribution in [0.25, 0.3) is 0 Å². The minimum absolute atomic E-state index is 0.376. The Labute approximate surface area is 194 Å². The summed E-state index contributed by atoms with van der Waals surface area (Å²) in [5.41, 5.74) is 0. The van der Waals surface area contributed by atoms with Crippen LogP contribution in [0.15, 0.2) is 12.4 Å². The number of hydrogen-bond donors (Lipinski definition) is 1. The van der Waals surface area contributed by atoms with Crippen molar-refractivity contribution in [2.75, 3.05) is 62.6 Å². The molecule has 0 aliphatic carbocycles. The minimum atomic E-state index is 0.376. The van der Waals surface area contributed by atoms with Gasteiger partial charge in [-0.1, -0.05) is 6.92 Å². The summed E-state index contributed by atoms with van der Waals surface area (Å²) >= 11 is 0. The van der Waals surface area contributed by atoms with Crippen LogP contribution in [-0.2, 0) is 4.79 Å². The maximum absolute atomic E-state index is 13.0. The second-order valence-corrected chi connectivity index (χ2v) is 10.0. The lowest BCUT2D eigenvalue weighted by molar-refractivity contribution is -0.133. The number of likely N-dealkylation sites (tertiary alicyclic amines) is 2. The van der Waals surface area contributed by atoms with E-state index in [4.69, 9.17) is 0 Å². The number of hydrogen-bond acceptors (Lipinski definition) is 6. The molecule has 0 bridgehead atoms. The van der Waals surface area contributed by atoms with Gasteiger partial charge in [0.2, 0.25) is 5.91 Å². The van der Waals surface area contributed by atoms with Crippen LogP contribution in [0.4, 0.5) is 11.6 Å². The van der Waals surface area contributed by atoms with Gasteiger partial charge >= 0.3 is 0 Å². The topological polar surface area (TPSA) is 64.6 Å². The lowest BCUT2D eigenvalue weighted by atomic mass is 9.92. The Kier molecular flexibility index (Phi) is 8.60. The van der Waals surface area contributed by atoms with Gasteiger partial charge in [-0.25, -0.2) is 9.97 Å². The highest BCUT2D eigenvalue weighted by Gasteiger charge is 2.27. The zero-order valence-corrected chi connectivity index (χ0v) is 20.0. The maximum Gasteiger partial charge on any atom is 0.222 e. The van der Waals surface area contributed by atoms with Crippen LogP contribution in [-0.4, -0.2) is 78.0 Å². The first kappa shape index (κ1) is 23.3. The van der Waals surface area contributed by atoms with E-state index in [0.717, 1.165) is 57.2 Å². The molecule has 7 heteroatoms. The standard InChI is InChI=1S/C25H42N6O/c1-2-11-26-23-16-24(28-20-27-23)30-14-5-7-21(18-30)9-10-25(32)31-15-6-8-22(19-31)17-29-12-3-4-13-29/h16,20-22H,2-15,17-19H2,1H3,(H,26,27,28)/t21-,22+/m0/s1. The van der Waals surface area contributed by atoms with Gasteiger partial charge in [0, 0.05) is 51.8 Å².